The molecule has 2 amide bonds. The Labute approximate surface area is 151 Å². The molecule has 1 fully saturated rings. The molecule has 0 radical (unpaired) electrons. The zero-order valence-corrected chi connectivity index (χ0v) is 14.5. The van der Waals surface area contributed by atoms with E-state index in [2.05, 4.69) is 15.3 Å². The number of ether oxygens (including phenoxy) is 1. The predicted octanol–water partition coefficient (Wildman–Crippen LogP) is 1.56. The highest BCUT2D eigenvalue weighted by Crippen LogP contribution is 2.26. The molecule has 2 heterocycles. The summed E-state index contributed by atoms with van der Waals surface area (Å²) in [6.45, 7) is 0.942. The van der Waals surface area contributed by atoms with Gasteiger partial charge in [-0.25, -0.2) is 9.97 Å². The van der Waals surface area contributed by atoms with Gasteiger partial charge in [0.2, 0.25) is 5.91 Å². The fourth-order valence-corrected chi connectivity index (χ4v) is 2.99. The van der Waals surface area contributed by atoms with Crippen LogP contribution < -0.4 is 15.8 Å². The van der Waals surface area contributed by atoms with Crippen LogP contribution in [0.25, 0.3) is 0 Å². The second-order valence-electron chi connectivity index (χ2n) is 6.05. The Bertz CT molecular complexity index is 803. The Morgan fingerprint density at radius 3 is 2.58 bits per heavy atom. The van der Waals surface area contributed by atoms with E-state index in [1.165, 1.54) is 12.4 Å². The first-order valence-electron chi connectivity index (χ1n) is 8.39. The lowest BCUT2D eigenvalue weighted by Crippen LogP contribution is -2.42. The van der Waals surface area contributed by atoms with Crippen molar-refractivity contribution in [2.24, 2.45) is 5.92 Å². The number of anilines is 2. The average molecular weight is 355 g/mol. The van der Waals surface area contributed by atoms with E-state index in [0.717, 1.165) is 0 Å². The van der Waals surface area contributed by atoms with Crippen LogP contribution in [0.15, 0.2) is 36.7 Å². The van der Waals surface area contributed by atoms with Gasteiger partial charge >= 0.3 is 0 Å². The van der Waals surface area contributed by atoms with E-state index in [9.17, 15) is 9.59 Å². The summed E-state index contributed by atoms with van der Waals surface area (Å²) in [6, 6.07) is 7.27. The molecule has 1 aliphatic heterocycles. The third-order valence-corrected chi connectivity index (χ3v) is 4.45. The molecule has 3 rings (SSSR count). The van der Waals surface area contributed by atoms with Crippen LogP contribution in [0, 0.1) is 5.92 Å². The Hall–Kier alpha value is -3.16. The van der Waals surface area contributed by atoms with E-state index < -0.39 is 0 Å². The van der Waals surface area contributed by atoms with E-state index in [1.54, 1.807) is 24.1 Å². The molecular formula is C18H21N5O3. The number of nitrogen functional groups attached to an aromatic ring is 1. The zero-order valence-electron chi connectivity index (χ0n) is 14.5. The number of methoxy groups -OCH3 is 1. The van der Waals surface area contributed by atoms with E-state index >= 15 is 0 Å². The van der Waals surface area contributed by atoms with E-state index in [-0.39, 0.29) is 29.2 Å². The van der Waals surface area contributed by atoms with Crippen LogP contribution in [-0.2, 0) is 4.79 Å². The lowest BCUT2D eigenvalue weighted by atomic mass is 9.95. The lowest BCUT2D eigenvalue weighted by molar-refractivity contribution is -0.121. The summed E-state index contributed by atoms with van der Waals surface area (Å²) in [6.07, 6.45) is 4.04. The van der Waals surface area contributed by atoms with Gasteiger partial charge in [-0.1, -0.05) is 12.1 Å². The number of carbonyl (C=O) groups excluding carboxylic acids is 2. The molecule has 26 heavy (non-hydrogen) atoms. The van der Waals surface area contributed by atoms with Gasteiger partial charge in [0.05, 0.1) is 12.8 Å². The van der Waals surface area contributed by atoms with Crippen LogP contribution in [0.1, 0.15) is 23.3 Å². The Morgan fingerprint density at radius 1 is 1.19 bits per heavy atom. The van der Waals surface area contributed by atoms with Gasteiger partial charge in [-0.2, -0.15) is 0 Å². The van der Waals surface area contributed by atoms with Crippen LogP contribution in [-0.4, -0.2) is 46.9 Å². The van der Waals surface area contributed by atoms with Gasteiger partial charge < -0.3 is 20.7 Å². The third kappa shape index (κ3) is 3.74. The maximum absolute atomic E-state index is 12.5. The third-order valence-electron chi connectivity index (χ3n) is 4.45. The summed E-state index contributed by atoms with van der Waals surface area (Å²) in [7, 11) is 1.56. The number of hydrogen-bond donors (Lipinski definition) is 2. The van der Waals surface area contributed by atoms with Gasteiger partial charge in [0.25, 0.3) is 5.91 Å². The van der Waals surface area contributed by atoms with E-state index in [4.69, 9.17) is 10.5 Å². The van der Waals surface area contributed by atoms with Crippen LogP contribution in [0.2, 0.25) is 0 Å². The highest BCUT2D eigenvalue weighted by Gasteiger charge is 2.29. The molecular weight excluding hydrogens is 334 g/mol. The molecule has 3 N–H and O–H groups in total. The average Bonchev–Trinajstić information content (AvgIpc) is 2.68. The molecule has 0 aliphatic carbocycles. The molecule has 1 aromatic heterocycles. The number of aromatic nitrogens is 2. The molecule has 0 spiro atoms. The summed E-state index contributed by atoms with van der Waals surface area (Å²) >= 11 is 0. The zero-order chi connectivity index (χ0) is 18.5. The predicted molar refractivity (Wildman–Crippen MR) is 96.7 cm³/mol. The molecule has 0 atom stereocenters. The van der Waals surface area contributed by atoms with Crippen molar-refractivity contribution in [3.8, 4) is 5.75 Å². The standard InChI is InChI=1S/C18H21N5O3/c1-26-14-5-3-2-4-13(14)22-17(24)12-6-10-23(11-7-12)18(25)15-16(19)21-9-8-20-15/h2-5,8-9,12H,6-7,10-11H2,1H3,(H2,19,21)(H,22,24). The maximum Gasteiger partial charge on any atom is 0.276 e. The minimum absolute atomic E-state index is 0.0689. The number of nitrogens with two attached hydrogens (primary N) is 1. The van der Waals surface area contributed by atoms with Gasteiger partial charge in [-0.15, -0.1) is 0 Å². The Balaban J connectivity index is 1.59. The number of amides is 2. The van der Waals surface area contributed by atoms with Gasteiger partial charge in [-0.05, 0) is 25.0 Å². The fourth-order valence-electron chi connectivity index (χ4n) is 2.99. The first-order chi connectivity index (χ1) is 12.6. The first kappa shape index (κ1) is 17.7. The van der Waals surface area contributed by atoms with E-state index in [0.29, 0.717) is 37.4 Å². The Morgan fingerprint density at radius 2 is 1.88 bits per heavy atom. The van der Waals surface area contributed by atoms with Gasteiger partial charge in [-0.3, -0.25) is 9.59 Å². The monoisotopic (exact) mass is 355 g/mol. The minimum Gasteiger partial charge on any atom is -0.495 e. The Kier molecular flexibility index (Phi) is 5.31. The molecule has 8 nitrogen and oxygen atoms in total. The molecule has 0 saturated carbocycles. The fraction of sp³-hybridized carbons (Fsp3) is 0.333. The van der Waals surface area contributed by atoms with Gasteiger partial charge in [0.1, 0.15) is 5.75 Å². The van der Waals surface area contributed by atoms with Crippen LogP contribution in [0.3, 0.4) is 0 Å². The maximum atomic E-state index is 12.5. The van der Waals surface area contributed by atoms with Gasteiger partial charge in [0.15, 0.2) is 11.5 Å². The van der Waals surface area contributed by atoms with Crippen molar-refractivity contribution < 1.29 is 14.3 Å². The second-order valence-corrected chi connectivity index (χ2v) is 6.05. The number of hydrogen-bond acceptors (Lipinski definition) is 6. The molecule has 2 aromatic rings. The van der Waals surface area contributed by atoms with Crippen molar-refractivity contribution in [1.82, 2.24) is 14.9 Å². The van der Waals surface area contributed by atoms with Crippen LogP contribution in [0.5, 0.6) is 5.75 Å². The van der Waals surface area contributed by atoms with Crippen molar-refractivity contribution in [2.75, 3.05) is 31.2 Å². The largest absolute Gasteiger partial charge is 0.495 e. The molecule has 136 valence electrons. The lowest BCUT2D eigenvalue weighted by Gasteiger charge is -2.31. The second kappa shape index (κ2) is 7.81. The molecule has 0 bridgehead atoms. The number of rotatable bonds is 4. The summed E-state index contributed by atoms with van der Waals surface area (Å²) in [5.74, 6) is 0.253. The summed E-state index contributed by atoms with van der Waals surface area (Å²) in [4.78, 5) is 34.6. The molecule has 8 heteroatoms. The van der Waals surface area contributed by atoms with Crippen LogP contribution >= 0.6 is 0 Å². The summed E-state index contributed by atoms with van der Waals surface area (Å²) < 4.78 is 5.25. The SMILES string of the molecule is COc1ccccc1NC(=O)C1CCN(C(=O)c2nccnc2N)CC1. The number of likely N-dealkylation sites (tertiary alicyclic amines) is 1. The smallest absolute Gasteiger partial charge is 0.276 e. The van der Waals surface area contributed by atoms with Crippen LogP contribution in [0.4, 0.5) is 11.5 Å². The number of piperidine rings is 1. The number of nitrogens with one attached hydrogen (secondary N) is 1. The summed E-state index contributed by atoms with van der Waals surface area (Å²) in [5, 5.41) is 2.91. The quantitative estimate of drug-likeness (QED) is 0.861. The highest BCUT2D eigenvalue weighted by atomic mass is 16.5. The topological polar surface area (TPSA) is 110 Å². The van der Waals surface area contributed by atoms with Gasteiger partial charge in [0, 0.05) is 31.4 Å². The van der Waals surface area contributed by atoms with Crippen molar-refractivity contribution >= 4 is 23.3 Å². The molecule has 1 aromatic carbocycles. The normalized spacial score (nSPS) is 14.7. The van der Waals surface area contributed by atoms with Crippen molar-refractivity contribution in [1.29, 1.82) is 0 Å². The first-order valence-corrected chi connectivity index (χ1v) is 8.39. The van der Waals surface area contributed by atoms with Crippen molar-refractivity contribution in [2.45, 2.75) is 12.8 Å². The molecule has 1 saturated heterocycles. The van der Waals surface area contributed by atoms with E-state index in [1.807, 2.05) is 12.1 Å². The summed E-state index contributed by atoms with van der Waals surface area (Å²) in [5.41, 5.74) is 6.52. The molecule has 1 aliphatic rings. The number of para-hydroxylation sites is 2. The minimum atomic E-state index is -0.251. The number of nitrogens with zero attached hydrogens (tertiary/aromatic N) is 3. The molecule has 0 unspecified atom stereocenters. The van der Waals surface area contributed by atoms with Crippen molar-refractivity contribution in [3.05, 3.63) is 42.4 Å². The highest BCUT2D eigenvalue weighted by molar-refractivity contribution is 5.97. The number of benzene rings is 1. The van der Waals surface area contributed by atoms with Crippen molar-refractivity contribution in [3.63, 3.8) is 0 Å². The number of carbonyl (C=O) groups is 2.